The molecular weight excluding hydrogens is 284 g/mol. The number of aliphatic hydroxyl groups excluding tert-OH is 1. The fourth-order valence-electron chi connectivity index (χ4n) is 2.97. The van der Waals surface area contributed by atoms with Gasteiger partial charge in [0, 0.05) is 24.6 Å². The topological polar surface area (TPSA) is 112 Å². The third-order valence-corrected chi connectivity index (χ3v) is 4.07. The molecule has 0 spiro atoms. The lowest BCUT2D eigenvalue weighted by Gasteiger charge is -2.41. The second-order valence-corrected chi connectivity index (χ2v) is 5.87. The molecule has 1 fully saturated rings. The van der Waals surface area contributed by atoms with E-state index in [1.807, 2.05) is 0 Å². The fourth-order valence-corrected chi connectivity index (χ4v) is 2.97. The zero-order valence-electron chi connectivity index (χ0n) is 12.5. The summed E-state index contributed by atoms with van der Waals surface area (Å²) < 4.78 is 0. The molecule has 1 aliphatic heterocycles. The zero-order valence-corrected chi connectivity index (χ0v) is 12.5. The van der Waals surface area contributed by atoms with Crippen LogP contribution in [-0.4, -0.2) is 45.6 Å². The quantitative estimate of drug-likeness (QED) is 0.667. The molecule has 7 heteroatoms. The van der Waals surface area contributed by atoms with Crippen molar-refractivity contribution >= 4 is 11.9 Å². The Bertz CT molecular complexity index is 613. The van der Waals surface area contributed by atoms with E-state index in [1.165, 1.54) is 6.07 Å². The van der Waals surface area contributed by atoms with E-state index in [4.69, 9.17) is 5.73 Å². The minimum Gasteiger partial charge on any atom is -0.396 e. The number of rotatable bonds is 5. The summed E-state index contributed by atoms with van der Waals surface area (Å²) in [6, 6.07) is 1.28. The standard InChI is InChI=1S/C15H22N4O3/c1-2-4-15(10-20)5-3-6-19(9-15)13(22)8-11-7-12(21)18-14(16)17-11/h2,7,20H,1,3-6,8-10H2,(H3,16,17,18,21)/t15-/m0/s1. The SMILES string of the molecule is C=CC[C@]1(CO)CCCN(C(=O)Cc2cc(=O)[nH]c(N)n2)C1. The van der Waals surface area contributed by atoms with Gasteiger partial charge in [0.25, 0.3) is 5.56 Å². The number of aromatic amines is 1. The molecule has 0 radical (unpaired) electrons. The number of hydrogen-bond donors (Lipinski definition) is 3. The van der Waals surface area contributed by atoms with E-state index in [1.54, 1.807) is 11.0 Å². The van der Waals surface area contributed by atoms with Crippen LogP contribution in [0.5, 0.6) is 0 Å². The van der Waals surface area contributed by atoms with Crippen molar-refractivity contribution in [2.75, 3.05) is 25.4 Å². The van der Waals surface area contributed by atoms with Crippen LogP contribution in [0.3, 0.4) is 0 Å². The normalized spacial score (nSPS) is 21.6. The van der Waals surface area contributed by atoms with Crippen molar-refractivity contribution in [2.24, 2.45) is 5.41 Å². The second-order valence-electron chi connectivity index (χ2n) is 5.87. The minimum absolute atomic E-state index is 0.00491. The largest absolute Gasteiger partial charge is 0.396 e. The first-order chi connectivity index (χ1) is 10.5. The van der Waals surface area contributed by atoms with Crippen molar-refractivity contribution in [1.29, 1.82) is 0 Å². The van der Waals surface area contributed by atoms with Crippen molar-refractivity contribution in [2.45, 2.75) is 25.7 Å². The zero-order chi connectivity index (χ0) is 16.2. The molecule has 2 heterocycles. The number of carbonyl (C=O) groups excluding carboxylic acids is 1. The summed E-state index contributed by atoms with van der Waals surface area (Å²) in [6.07, 6.45) is 4.19. The molecule has 0 unspecified atom stereocenters. The van der Waals surface area contributed by atoms with Crippen LogP contribution in [0.4, 0.5) is 5.95 Å². The van der Waals surface area contributed by atoms with E-state index in [0.29, 0.717) is 25.2 Å². The average Bonchev–Trinajstić information content (AvgIpc) is 2.46. The molecule has 1 saturated heterocycles. The van der Waals surface area contributed by atoms with Crippen LogP contribution < -0.4 is 11.3 Å². The molecule has 4 N–H and O–H groups in total. The molecule has 1 aliphatic rings. The predicted molar refractivity (Wildman–Crippen MR) is 83.1 cm³/mol. The summed E-state index contributed by atoms with van der Waals surface area (Å²) in [4.78, 5) is 31.8. The molecule has 0 aromatic carbocycles. The van der Waals surface area contributed by atoms with E-state index in [9.17, 15) is 14.7 Å². The number of nitrogen functional groups attached to an aromatic ring is 1. The Morgan fingerprint density at radius 2 is 2.41 bits per heavy atom. The summed E-state index contributed by atoms with van der Waals surface area (Å²) in [6.45, 7) is 4.90. The average molecular weight is 306 g/mol. The number of likely N-dealkylation sites (tertiary alicyclic amines) is 1. The van der Waals surface area contributed by atoms with E-state index in [2.05, 4.69) is 16.5 Å². The number of hydrogen-bond acceptors (Lipinski definition) is 5. The van der Waals surface area contributed by atoms with Crippen molar-refractivity contribution in [3.8, 4) is 0 Å². The molecule has 1 aromatic rings. The van der Waals surface area contributed by atoms with Crippen LogP contribution in [0.1, 0.15) is 25.0 Å². The number of amides is 1. The molecule has 0 bridgehead atoms. The molecule has 1 atom stereocenters. The highest BCUT2D eigenvalue weighted by molar-refractivity contribution is 5.78. The number of aliphatic hydroxyl groups is 1. The first kappa shape index (κ1) is 16.2. The number of aromatic nitrogens is 2. The molecule has 7 nitrogen and oxygen atoms in total. The van der Waals surface area contributed by atoms with Gasteiger partial charge < -0.3 is 15.7 Å². The Kier molecular flexibility index (Phi) is 4.97. The Morgan fingerprint density at radius 1 is 1.64 bits per heavy atom. The second kappa shape index (κ2) is 6.74. The Hall–Kier alpha value is -2.15. The number of nitrogens with two attached hydrogens (primary N) is 1. The van der Waals surface area contributed by atoms with Crippen molar-refractivity contribution in [1.82, 2.24) is 14.9 Å². The van der Waals surface area contributed by atoms with Gasteiger partial charge in [0.2, 0.25) is 11.9 Å². The lowest BCUT2D eigenvalue weighted by atomic mass is 9.77. The Balaban J connectivity index is 2.08. The van der Waals surface area contributed by atoms with Gasteiger partial charge in [0.1, 0.15) is 0 Å². The predicted octanol–water partition coefficient (Wildman–Crippen LogP) is 0.0718. The number of piperidine rings is 1. The summed E-state index contributed by atoms with van der Waals surface area (Å²) in [5, 5.41) is 9.67. The summed E-state index contributed by atoms with van der Waals surface area (Å²) in [5.41, 5.74) is 5.16. The van der Waals surface area contributed by atoms with Gasteiger partial charge in [-0.1, -0.05) is 6.08 Å². The number of nitrogens with zero attached hydrogens (tertiary/aromatic N) is 2. The molecule has 0 saturated carbocycles. The molecule has 1 aromatic heterocycles. The first-order valence-electron chi connectivity index (χ1n) is 7.33. The van der Waals surface area contributed by atoms with Gasteiger partial charge >= 0.3 is 0 Å². The van der Waals surface area contributed by atoms with E-state index in [-0.39, 0.29) is 35.9 Å². The van der Waals surface area contributed by atoms with Crippen molar-refractivity contribution in [3.63, 3.8) is 0 Å². The van der Waals surface area contributed by atoms with Gasteiger partial charge in [-0.05, 0) is 19.3 Å². The van der Waals surface area contributed by atoms with E-state index in [0.717, 1.165) is 12.8 Å². The monoisotopic (exact) mass is 306 g/mol. The maximum atomic E-state index is 12.4. The summed E-state index contributed by atoms with van der Waals surface area (Å²) in [5.74, 6) is -0.107. The van der Waals surface area contributed by atoms with Gasteiger partial charge in [0.15, 0.2) is 0 Å². The van der Waals surface area contributed by atoms with Crippen LogP contribution in [0.2, 0.25) is 0 Å². The molecule has 1 amide bonds. The molecule has 22 heavy (non-hydrogen) atoms. The third kappa shape index (κ3) is 3.73. The van der Waals surface area contributed by atoms with Crippen LogP contribution in [0.15, 0.2) is 23.5 Å². The number of anilines is 1. The van der Waals surface area contributed by atoms with Crippen LogP contribution in [0.25, 0.3) is 0 Å². The molecule has 2 rings (SSSR count). The molecule has 120 valence electrons. The third-order valence-electron chi connectivity index (χ3n) is 4.07. The minimum atomic E-state index is -0.370. The summed E-state index contributed by atoms with van der Waals surface area (Å²) in [7, 11) is 0. The van der Waals surface area contributed by atoms with E-state index < -0.39 is 0 Å². The van der Waals surface area contributed by atoms with Gasteiger partial charge in [0.05, 0.1) is 18.7 Å². The number of nitrogens with one attached hydrogen (secondary N) is 1. The highest BCUT2D eigenvalue weighted by Crippen LogP contribution is 2.33. The maximum absolute atomic E-state index is 12.4. The van der Waals surface area contributed by atoms with Gasteiger partial charge in [-0.3, -0.25) is 14.6 Å². The van der Waals surface area contributed by atoms with Gasteiger partial charge in [-0.2, -0.15) is 0 Å². The van der Waals surface area contributed by atoms with Crippen LogP contribution in [-0.2, 0) is 11.2 Å². The highest BCUT2D eigenvalue weighted by atomic mass is 16.3. The van der Waals surface area contributed by atoms with Crippen LogP contribution in [0, 0.1) is 5.41 Å². The number of H-pyrrole nitrogens is 1. The van der Waals surface area contributed by atoms with Crippen LogP contribution >= 0.6 is 0 Å². The molecular formula is C15H22N4O3. The molecule has 0 aliphatic carbocycles. The van der Waals surface area contributed by atoms with Gasteiger partial charge in [-0.15, -0.1) is 6.58 Å². The summed E-state index contributed by atoms with van der Waals surface area (Å²) >= 11 is 0. The number of allylic oxidation sites excluding steroid dienone is 1. The first-order valence-corrected chi connectivity index (χ1v) is 7.33. The lowest BCUT2D eigenvalue weighted by molar-refractivity contribution is -0.134. The number of carbonyl (C=O) groups is 1. The fraction of sp³-hybridized carbons (Fsp3) is 0.533. The van der Waals surface area contributed by atoms with Gasteiger partial charge in [-0.25, -0.2) is 4.98 Å². The maximum Gasteiger partial charge on any atom is 0.252 e. The van der Waals surface area contributed by atoms with E-state index >= 15 is 0 Å². The Labute approximate surface area is 128 Å². The van der Waals surface area contributed by atoms with Crippen molar-refractivity contribution in [3.05, 3.63) is 34.8 Å². The van der Waals surface area contributed by atoms with Crippen molar-refractivity contribution < 1.29 is 9.90 Å². The Morgan fingerprint density at radius 3 is 3.05 bits per heavy atom. The smallest absolute Gasteiger partial charge is 0.252 e. The lowest BCUT2D eigenvalue weighted by Crippen LogP contribution is -2.48. The highest BCUT2D eigenvalue weighted by Gasteiger charge is 2.35.